The average Bonchev–Trinajstić information content (AvgIpc) is 2.99. The van der Waals surface area contributed by atoms with Crippen molar-refractivity contribution >= 4 is 40.6 Å². The van der Waals surface area contributed by atoms with Gasteiger partial charge in [0.1, 0.15) is 5.82 Å². The summed E-state index contributed by atoms with van der Waals surface area (Å²) in [5, 5.41) is 4.81. The molecule has 0 aliphatic rings. The maximum atomic E-state index is 14.2. The summed E-state index contributed by atoms with van der Waals surface area (Å²) >= 11 is 4.57. The molecule has 2 heterocycles. The Morgan fingerprint density at radius 1 is 1.42 bits per heavy atom. The zero-order valence-electron chi connectivity index (χ0n) is 13.9. The van der Waals surface area contributed by atoms with Gasteiger partial charge in [-0.15, -0.1) is 0 Å². The highest BCUT2D eigenvalue weighted by Gasteiger charge is 2.12. The van der Waals surface area contributed by atoms with Gasteiger partial charge >= 0.3 is 6.09 Å². The van der Waals surface area contributed by atoms with Crippen molar-refractivity contribution in [2.75, 3.05) is 5.32 Å². The first-order valence-corrected chi connectivity index (χ1v) is 8.07. The fourth-order valence-corrected chi connectivity index (χ4v) is 2.38. The number of nitrogens with zero attached hydrogens (tertiary/aromatic N) is 4. The molecule has 0 atom stereocenters. The summed E-state index contributed by atoms with van der Waals surface area (Å²) in [6.07, 6.45) is 3.83. The number of halogens is 1. The smallest absolute Gasteiger partial charge is 0.411 e. The van der Waals surface area contributed by atoms with Crippen LogP contribution in [0.3, 0.4) is 0 Å². The molecule has 0 radical (unpaired) electrons. The van der Waals surface area contributed by atoms with Crippen molar-refractivity contribution in [1.29, 1.82) is 0 Å². The second kappa shape index (κ2) is 7.38. The van der Waals surface area contributed by atoms with Crippen LogP contribution in [-0.4, -0.2) is 31.7 Å². The molecule has 0 aliphatic carbocycles. The van der Waals surface area contributed by atoms with E-state index in [2.05, 4.69) is 37.7 Å². The summed E-state index contributed by atoms with van der Waals surface area (Å²) in [6, 6.07) is 4.30. The summed E-state index contributed by atoms with van der Waals surface area (Å²) in [6.45, 7) is 3.50. The number of isothiocyanates is 1. The highest BCUT2D eigenvalue weighted by atomic mass is 32.1. The van der Waals surface area contributed by atoms with Gasteiger partial charge in [-0.2, -0.15) is 4.99 Å². The third kappa shape index (κ3) is 3.90. The molecule has 0 saturated carbocycles. The van der Waals surface area contributed by atoms with Crippen LogP contribution in [0.15, 0.2) is 41.8 Å². The largest absolute Gasteiger partial charge is 0.447 e. The maximum absolute atomic E-state index is 14.2. The second-order valence-corrected chi connectivity index (χ2v) is 5.80. The van der Waals surface area contributed by atoms with Crippen molar-refractivity contribution in [2.24, 2.45) is 4.99 Å². The predicted molar refractivity (Wildman–Crippen MR) is 98.3 cm³/mol. The number of imidazole rings is 1. The van der Waals surface area contributed by atoms with Gasteiger partial charge in [-0.05, 0) is 44.3 Å². The number of carbonyl (C=O) groups excluding carboxylic acids is 1. The van der Waals surface area contributed by atoms with Crippen LogP contribution < -0.4 is 5.32 Å². The molecule has 0 saturated heterocycles. The summed E-state index contributed by atoms with van der Waals surface area (Å²) in [5.74, 6) is -0.0958. The lowest BCUT2D eigenvalue weighted by molar-refractivity contribution is 0.130. The molecule has 1 aromatic carbocycles. The van der Waals surface area contributed by atoms with E-state index in [-0.39, 0.29) is 11.7 Å². The molecule has 0 spiro atoms. The van der Waals surface area contributed by atoms with Gasteiger partial charge in [0.2, 0.25) is 5.78 Å². The molecule has 7 nitrogen and oxygen atoms in total. The van der Waals surface area contributed by atoms with Gasteiger partial charge < -0.3 is 4.74 Å². The molecule has 1 N–H and O–H groups in total. The zero-order chi connectivity index (χ0) is 18.7. The number of aliphatic imine (C=N–C) groups is 1. The van der Waals surface area contributed by atoms with E-state index in [4.69, 9.17) is 4.74 Å². The number of nitrogens with one attached hydrogen (secondary N) is 1. The molecular weight excluding hydrogens is 357 g/mol. The first kappa shape index (κ1) is 17.7. The van der Waals surface area contributed by atoms with Crippen LogP contribution in [0.4, 0.5) is 20.6 Å². The lowest BCUT2D eigenvalue weighted by atomic mass is 10.1. The van der Waals surface area contributed by atoms with Crippen molar-refractivity contribution < 1.29 is 13.9 Å². The number of hydrogen-bond acceptors (Lipinski definition) is 6. The fourth-order valence-electron chi connectivity index (χ4n) is 2.27. The predicted octanol–water partition coefficient (Wildman–Crippen LogP) is 4.23. The Bertz CT molecular complexity index is 1030. The molecule has 0 aliphatic heterocycles. The third-order valence-electron chi connectivity index (χ3n) is 3.30. The van der Waals surface area contributed by atoms with Crippen LogP contribution in [0, 0.1) is 5.82 Å². The first-order valence-electron chi connectivity index (χ1n) is 7.66. The average molecular weight is 371 g/mol. The van der Waals surface area contributed by atoms with E-state index in [0.29, 0.717) is 22.8 Å². The Labute approximate surface area is 153 Å². The number of thiocarbonyl (C=S) groups is 1. The zero-order valence-corrected chi connectivity index (χ0v) is 14.7. The molecule has 3 rings (SSSR count). The molecule has 132 valence electrons. The first-order chi connectivity index (χ1) is 12.5. The summed E-state index contributed by atoms with van der Waals surface area (Å²) < 4.78 is 20.8. The number of ether oxygens (including phenoxy) is 1. The quantitative estimate of drug-likeness (QED) is 0.548. The van der Waals surface area contributed by atoms with Crippen LogP contribution in [0.5, 0.6) is 0 Å². The molecule has 0 bridgehead atoms. The molecule has 9 heteroatoms. The Morgan fingerprint density at radius 3 is 2.96 bits per heavy atom. The van der Waals surface area contributed by atoms with E-state index in [0.717, 1.165) is 0 Å². The highest BCUT2D eigenvalue weighted by Crippen LogP contribution is 2.27. The molecule has 0 fully saturated rings. The minimum atomic E-state index is -0.585. The lowest BCUT2D eigenvalue weighted by Gasteiger charge is -2.09. The number of amides is 1. The molecule has 3 aromatic rings. The minimum absolute atomic E-state index is 0.239. The van der Waals surface area contributed by atoms with Crippen LogP contribution >= 0.6 is 12.2 Å². The topological polar surface area (TPSA) is 80.9 Å². The number of fused-ring (bicyclic) bond motifs is 1. The SMILES string of the molecule is CC(C)OC(=O)Nc1cnc2nc(-c3cc(N=C=S)ccc3F)cn2c1. The van der Waals surface area contributed by atoms with Gasteiger partial charge in [0.05, 0.1) is 34.5 Å². The van der Waals surface area contributed by atoms with E-state index in [9.17, 15) is 9.18 Å². The van der Waals surface area contributed by atoms with E-state index < -0.39 is 11.9 Å². The molecule has 1 amide bonds. The summed E-state index contributed by atoms with van der Waals surface area (Å²) in [4.78, 5) is 24.0. The Balaban J connectivity index is 1.94. The lowest BCUT2D eigenvalue weighted by Crippen LogP contribution is -2.18. The normalized spacial score (nSPS) is 10.6. The highest BCUT2D eigenvalue weighted by molar-refractivity contribution is 7.78. The van der Waals surface area contributed by atoms with Crippen LogP contribution in [-0.2, 0) is 4.74 Å². The van der Waals surface area contributed by atoms with E-state index >= 15 is 0 Å². The van der Waals surface area contributed by atoms with E-state index in [1.807, 2.05) is 0 Å². The van der Waals surface area contributed by atoms with Crippen molar-refractivity contribution in [3.63, 3.8) is 0 Å². The summed E-state index contributed by atoms with van der Waals surface area (Å²) in [7, 11) is 0. The number of anilines is 1. The van der Waals surface area contributed by atoms with Gasteiger partial charge in [0.15, 0.2) is 0 Å². The number of carbonyl (C=O) groups is 1. The standard InChI is InChI=1S/C17H14FN5O2S/c1-10(2)25-17(24)21-12-6-19-16-22-15(8-23(16)7-12)13-5-11(20-9-26)3-4-14(13)18/h3-8,10H,1-2H3,(H,21,24). The number of aromatic nitrogens is 3. The Hall–Kier alpha value is -3.16. The third-order valence-corrected chi connectivity index (χ3v) is 3.39. The van der Waals surface area contributed by atoms with Crippen LogP contribution in [0.1, 0.15) is 13.8 Å². The number of rotatable bonds is 4. The van der Waals surface area contributed by atoms with E-state index in [1.165, 1.54) is 24.4 Å². The Kier molecular flexibility index (Phi) is 5.01. The van der Waals surface area contributed by atoms with Crippen molar-refractivity contribution in [1.82, 2.24) is 14.4 Å². The molecule has 26 heavy (non-hydrogen) atoms. The van der Waals surface area contributed by atoms with Crippen molar-refractivity contribution in [3.8, 4) is 11.3 Å². The summed E-state index contributed by atoms with van der Waals surface area (Å²) in [5.41, 5.74) is 1.53. The molecular formula is C17H14FN5O2S. The fraction of sp³-hybridized carbons (Fsp3) is 0.176. The van der Waals surface area contributed by atoms with E-state index in [1.54, 1.807) is 30.6 Å². The van der Waals surface area contributed by atoms with Crippen molar-refractivity contribution in [2.45, 2.75) is 20.0 Å². The van der Waals surface area contributed by atoms with Gasteiger partial charge in [-0.3, -0.25) is 9.72 Å². The maximum Gasteiger partial charge on any atom is 0.411 e. The van der Waals surface area contributed by atoms with Gasteiger partial charge in [-0.1, -0.05) is 0 Å². The number of benzene rings is 1. The van der Waals surface area contributed by atoms with Crippen LogP contribution in [0.2, 0.25) is 0 Å². The second-order valence-electron chi connectivity index (χ2n) is 5.62. The van der Waals surface area contributed by atoms with Gasteiger partial charge in [0, 0.05) is 18.0 Å². The van der Waals surface area contributed by atoms with Crippen LogP contribution in [0.25, 0.3) is 17.0 Å². The minimum Gasteiger partial charge on any atom is -0.447 e. The van der Waals surface area contributed by atoms with Crippen molar-refractivity contribution in [3.05, 3.63) is 42.6 Å². The van der Waals surface area contributed by atoms with Gasteiger partial charge in [-0.25, -0.2) is 19.2 Å². The number of hydrogen-bond donors (Lipinski definition) is 1. The monoisotopic (exact) mass is 371 g/mol. The van der Waals surface area contributed by atoms with Gasteiger partial charge in [0.25, 0.3) is 0 Å². The molecule has 0 unspecified atom stereocenters. The Morgan fingerprint density at radius 2 is 2.23 bits per heavy atom. The molecule has 2 aromatic heterocycles.